The molecule has 0 aliphatic carbocycles. The van der Waals surface area contributed by atoms with Crippen molar-refractivity contribution in [2.75, 3.05) is 29.7 Å². The highest BCUT2D eigenvalue weighted by molar-refractivity contribution is 7.98. The Morgan fingerprint density at radius 2 is 2.18 bits per heavy atom. The number of nitrogens with two attached hydrogens (primary N) is 1. The highest BCUT2D eigenvalue weighted by Gasteiger charge is 2.19. The van der Waals surface area contributed by atoms with Crippen LogP contribution >= 0.6 is 11.8 Å². The van der Waals surface area contributed by atoms with E-state index in [1.165, 1.54) is 5.75 Å². The number of anilines is 2. The third-order valence-electron chi connectivity index (χ3n) is 3.20. The van der Waals surface area contributed by atoms with Crippen LogP contribution in [0.4, 0.5) is 11.5 Å². The summed E-state index contributed by atoms with van der Waals surface area (Å²) in [5.41, 5.74) is 7.97. The molecule has 1 aromatic heterocycles. The second-order valence-corrected chi connectivity index (χ2v) is 5.39. The van der Waals surface area contributed by atoms with Crippen molar-refractivity contribution in [3.63, 3.8) is 0 Å². The molecule has 2 N–H and O–H groups in total. The largest absolute Gasteiger partial charge is 0.394 e. The predicted octanol–water partition coefficient (Wildman–Crippen LogP) is 2.14. The van der Waals surface area contributed by atoms with Gasteiger partial charge in [-0.25, -0.2) is 0 Å². The van der Waals surface area contributed by atoms with Gasteiger partial charge in [0.1, 0.15) is 5.82 Å². The summed E-state index contributed by atoms with van der Waals surface area (Å²) in [4.78, 5) is 2.23. The predicted molar refractivity (Wildman–Crippen MR) is 77.9 cm³/mol. The molecule has 0 saturated carbocycles. The SMILES string of the molecule is CCc1nn(C)c(N(C)C(C)CCSC)c1N. The van der Waals surface area contributed by atoms with Gasteiger partial charge in [0.05, 0.1) is 11.4 Å². The first-order chi connectivity index (χ1) is 8.02. The van der Waals surface area contributed by atoms with E-state index in [1.54, 1.807) is 0 Å². The van der Waals surface area contributed by atoms with Crippen molar-refractivity contribution >= 4 is 23.3 Å². The van der Waals surface area contributed by atoms with Crippen LogP contribution in [0.3, 0.4) is 0 Å². The van der Waals surface area contributed by atoms with Gasteiger partial charge in [0.2, 0.25) is 0 Å². The number of nitrogens with zero attached hydrogens (tertiary/aromatic N) is 3. The molecular formula is C12H24N4S. The summed E-state index contributed by atoms with van der Waals surface area (Å²) in [6.45, 7) is 4.31. The summed E-state index contributed by atoms with van der Waals surface area (Å²) in [6.07, 6.45) is 4.18. The van der Waals surface area contributed by atoms with Crippen LogP contribution in [0, 0.1) is 0 Å². The molecule has 4 nitrogen and oxygen atoms in total. The first-order valence-corrected chi connectivity index (χ1v) is 7.45. The molecule has 0 radical (unpaired) electrons. The van der Waals surface area contributed by atoms with Gasteiger partial charge in [-0.2, -0.15) is 16.9 Å². The lowest BCUT2D eigenvalue weighted by atomic mass is 10.2. The van der Waals surface area contributed by atoms with Gasteiger partial charge in [0.25, 0.3) is 0 Å². The third kappa shape index (κ3) is 3.09. The molecule has 0 saturated heterocycles. The van der Waals surface area contributed by atoms with E-state index in [0.717, 1.165) is 30.0 Å². The number of thioether (sulfide) groups is 1. The van der Waals surface area contributed by atoms with Crippen molar-refractivity contribution in [1.82, 2.24) is 9.78 Å². The molecule has 1 aromatic rings. The Bertz CT molecular complexity index is 362. The summed E-state index contributed by atoms with van der Waals surface area (Å²) < 4.78 is 1.89. The van der Waals surface area contributed by atoms with E-state index in [1.807, 2.05) is 23.5 Å². The van der Waals surface area contributed by atoms with Crippen LogP contribution in [0.25, 0.3) is 0 Å². The molecule has 17 heavy (non-hydrogen) atoms. The quantitative estimate of drug-likeness (QED) is 0.847. The Morgan fingerprint density at radius 3 is 2.65 bits per heavy atom. The topological polar surface area (TPSA) is 47.1 Å². The van der Waals surface area contributed by atoms with E-state index in [4.69, 9.17) is 5.73 Å². The van der Waals surface area contributed by atoms with E-state index in [9.17, 15) is 0 Å². The standard InChI is InChI=1S/C12H24N4S/c1-6-10-11(13)12(16(4)14-10)15(3)9(2)7-8-17-5/h9H,6-8,13H2,1-5H3. The van der Waals surface area contributed by atoms with E-state index in [0.29, 0.717) is 6.04 Å². The second kappa shape index (κ2) is 6.19. The zero-order valence-corrected chi connectivity index (χ0v) is 12.3. The van der Waals surface area contributed by atoms with Crippen LogP contribution in [0.2, 0.25) is 0 Å². The van der Waals surface area contributed by atoms with E-state index >= 15 is 0 Å². The molecular weight excluding hydrogens is 232 g/mol. The van der Waals surface area contributed by atoms with Crippen LogP contribution in [-0.2, 0) is 13.5 Å². The van der Waals surface area contributed by atoms with Gasteiger partial charge < -0.3 is 10.6 Å². The Labute approximate surface area is 109 Å². The molecule has 0 aromatic carbocycles. The van der Waals surface area contributed by atoms with E-state index in [2.05, 4.69) is 37.1 Å². The summed E-state index contributed by atoms with van der Waals surface area (Å²) in [7, 11) is 4.06. The molecule has 0 spiro atoms. The maximum Gasteiger partial charge on any atom is 0.150 e. The van der Waals surface area contributed by atoms with Crippen molar-refractivity contribution in [2.45, 2.75) is 32.7 Å². The number of hydrogen-bond donors (Lipinski definition) is 1. The van der Waals surface area contributed by atoms with Crippen LogP contribution in [0.15, 0.2) is 0 Å². The lowest BCUT2D eigenvalue weighted by Crippen LogP contribution is -2.31. The van der Waals surface area contributed by atoms with Gasteiger partial charge in [-0.15, -0.1) is 0 Å². The molecule has 1 atom stereocenters. The van der Waals surface area contributed by atoms with Crippen LogP contribution < -0.4 is 10.6 Å². The number of rotatable bonds is 6. The lowest BCUT2D eigenvalue weighted by molar-refractivity contribution is 0.633. The van der Waals surface area contributed by atoms with Crippen molar-refractivity contribution < 1.29 is 0 Å². The molecule has 98 valence electrons. The van der Waals surface area contributed by atoms with Gasteiger partial charge >= 0.3 is 0 Å². The molecule has 0 aliphatic heterocycles. The van der Waals surface area contributed by atoms with Crippen molar-refractivity contribution in [1.29, 1.82) is 0 Å². The molecule has 1 rings (SSSR count). The van der Waals surface area contributed by atoms with Gasteiger partial charge in [-0.3, -0.25) is 4.68 Å². The van der Waals surface area contributed by atoms with Crippen molar-refractivity contribution in [2.24, 2.45) is 7.05 Å². The highest BCUT2D eigenvalue weighted by atomic mass is 32.2. The second-order valence-electron chi connectivity index (χ2n) is 4.40. The van der Waals surface area contributed by atoms with Crippen molar-refractivity contribution in [3.05, 3.63) is 5.69 Å². The fraction of sp³-hybridized carbons (Fsp3) is 0.750. The number of aryl methyl sites for hydroxylation is 2. The normalized spacial score (nSPS) is 12.8. The maximum atomic E-state index is 6.15. The molecule has 0 aliphatic rings. The van der Waals surface area contributed by atoms with Crippen LogP contribution in [0.1, 0.15) is 26.0 Å². The molecule has 0 fully saturated rings. The summed E-state index contributed by atoms with van der Waals surface area (Å²) in [5.74, 6) is 2.21. The van der Waals surface area contributed by atoms with Gasteiger partial charge in [-0.1, -0.05) is 6.92 Å². The minimum absolute atomic E-state index is 0.477. The summed E-state index contributed by atoms with van der Waals surface area (Å²) >= 11 is 1.88. The maximum absolute atomic E-state index is 6.15. The fourth-order valence-corrected chi connectivity index (χ4v) is 2.53. The first-order valence-electron chi connectivity index (χ1n) is 6.06. The Hall–Kier alpha value is -0.840. The zero-order valence-electron chi connectivity index (χ0n) is 11.5. The summed E-state index contributed by atoms with van der Waals surface area (Å²) in [6, 6.07) is 0.477. The molecule has 5 heteroatoms. The van der Waals surface area contributed by atoms with Crippen molar-refractivity contribution in [3.8, 4) is 0 Å². The third-order valence-corrected chi connectivity index (χ3v) is 3.84. The molecule has 0 bridgehead atoms. The Morgan fingerprint density at radius 1 is 1.53 bits per heavy atom. The van der Waals surface area contributed by atoms with Gasteiger partial charge in [0.15, 0.2) is 0 Å². The fourth-order valence-electron chi connectivity index (χ4n) is 1.96. The molecule has 1 unspecified atom stereocenters. The average Bonchev–Trinajstić information content (AvgIpc) is 2.60. The zero-order chi connectivity index (χ0) is 13.0. The average molecular weight is 256 g/mol. The molecule has 1 heterocycles. The minimum atomic E-state index is 0.477. The minimum Gasteiger partial charge on any atom is -0.394 e. The highest BCUT2D eigenvalue weighted by Crippen LogP contribution is 2.27. The Kier molecular flexibility index (Phi) is 5.18. The van der Waals surface area contributed by atoms with E-state index in [-0.39, 0.29) is 0 Å². The number of nitrogen functional groups attached to an aromatic ring is 1. The lowest BCUT2D eigenvalue weighted by Gasteiger charge is -2.27. The number of hydrogen-bond acceptors (Lipinski definition) is 4. The van der Waals surface area contributed by atoms with Gasteiger partial charge in [0, 0.05) is 20.1 Å². The first kappa shape index (κ1) is 14.2. The van der Waals surface area contributed by atoms with Gasteiger partial charge in [-0.05, 0) is 31.8 Å². The van der Waals surface area contributed by atoms with Crippen LogP contribution in [-0.4, -0.2) is 34.9 Å². The molecule has 0 amide bonds. The smallest absolute Gasteiger partial charge is 0.150 e. The van der Waals surface area contributed by atoms with Crippen LogP contribution in [0.5, 0.6) is 0 Å². The Balaban J connectivity index is 2.87. The van der Waals surface area contributed by atoms with E-state index < -0.39 is 0 Å². The monoisotopic (exact) mass is 256 g/mol. The summed E-state index contributed by atoms with van der Waals surface area (Å²) in [5, 5.41) is 4.46. The number of aromatic nitrogens is 2.